The van der Waals surface area contributed by atoms with Gasteiger partial charge >= 0.3 is 5.97 Å². The number of ether oxygens (including phenoxy) is 1. The Balaban J connectivity index is 1.57. The number of nitro benzene ring substituents is 1. The Morgan fingerprint density at radius 2 is 1.79 bits per heavy atom. The maximum atomic E-state index is 11.8. The molecule has 0 saturated carbocycles. The van der Waals surface area contributed by atoms with E-state index in [1.54, 1.807) is 12.1 Å². The molecule has 2 aromatic carbocycles. The number of benzene rings is 2. The molecule has 7 nitrogen and oxygen atoms in total. The fourth-order valence-corrected chi connectivity index (χ4v) is 3.00. The molecule has 0 aliphatic carbocycles. The van der Waals surface area contributed by atoms with Gasteiger partial charge in [0.15, 0.2) is 0 Å². The minimum Gasteiger partial charge on any atom is -0.463 e. The fourth-order valence-electron chi connectivity index (χ4n) is 2.30. The van der Waals surface area contributed by atoms with E-state index in [1.807, 2.05) is 31.2 Å². The van der Waals surface area contributed by atoms with Crippen LogP contribution in [0.15, 0.2) is 53.4 Å². The van der Waals surface area contributed by atoms with Crippen LogP contribution in [0.4, 0.5) is 5.69 Å². The predicted molar refractivity (Wildman–Crippen MR) is 107 cm³/mol. The largest absolute Gasteiger partial charge is 0.463 e. The van der Waals surface area contributed by atoms with E-state index in [9.17, 15) is 19.7 Å². The molecule has 0 aliphatic rings. The van der Waals surface area contributed by atoms with E-state index in [0.29, 0.717) is 12.8 Å². The molecule has 0 atom stereocenters. The summed E-state index contributed by atoms with van der Waals surface area (Å²) in [5.74, 6) is -0.395. The van der Waals surface area contributed by atoms with E-state index in [0.717, 1.165) is 10.5 Å². The lowest BCUT2D eigenvalue weighted by atomic mass is 10.1. The zero-order valence-corrected chi connectivity index (χ0v) is 16.4. The van der Waals surface area contributed by atoms with Crippen molar-refractivity contribution in [2.24, 2.45) is 0 Å². The van der Waals surface area contributed by atoms with Crippen LogP contribution in [0, 0.1) is 17.0 Å². The number of nitrogens with zero attached hydrogens (tertiary/aromatic N) is 1. The van der Waals surface area contributed by atoms with Crippen LogP contribution in [0.3, 0.4) is 0 Å². The number of amides is 1. The standard InChI is InChI=1S/C20H22N2O5S/c1-15-2-4-16(5-3-15)6-11-19(23)21-12-13-27-20(24)14-28-18-9-7-17(8-10-18)22(25)26/h2-5,7-10H,6,11-14H2,1H3,(H,21,23). The third-order valence-corrected chi connectivity index (χ3v) is 4.84. The number of thioether (sulfide) groups is 1. The highest BCUT2D eigenvalue weighted by Crippen LogP contribution is 2.21. The van der Waals surface area contributed by atoms with Crippen LogP contribution in [-0.4, -0.2) is 35.7 Å². The Morgan fingerprint density at radius 3 is 2.43 bits per heavy atom. The maximum absolute atomic E-state index is 11.8. The Morgan fingerprint density at radius 1 is 1.11 bits per heavy atom. The summed E-state index contributed by atoms with van der Waals surface area (Å²) in [5, 5.41) is 13.3. The molecule has 0 aliphatic heterocycles. The van der Waals surface area contributed by atoms with Crippen molar-refractivity contribution in [3.8, 4) is 0 Å². The summed E-state index contributed by atoms with van der Waals surface area (Å²) in [6, 6.07) is 14.0. The smallest absolute Gasteiger partial charge is 0.316 e. The number of nitro groups is 1. The molecule has 0 bridgehead atoms. The third-order valence-electron chi connectivity index (χ3n) is 3.85. The fraction of sp³-hybridized carbons (Fsp3) is 0.300. The van der Waals surface area contributed by atoms with Gasteiger partial charge in [0.1, 0.15) is 6.61 Å². The van der Waals surface area contributed by atoms with Gasteiger partial charge < -0.3 is 10.1 Å². The summed E-state index contributed by atoms with van der Waals surface area (Å²) in [6.45, 7) is 2.39. The lowest BCUT2D eigenvalue weighted by Gasteiger charge is -2.07. The van der Waals surface area contributed by atoms with Crippen molar-refractivity contribution >= 4 is 29.3 Å². The number of carbonyl (C=O) groups is 2. The quantitative estimate of drug-likeness (QED) is 0.215. The van der Waals surface area contributed by atoms with Crippen LogP contribution in [-0.2, 0) is 20.7 Å². The van der Waals surface area contributed by atoms with E-state index >= 15 is 0 Å². The Kier molecular flexibility index (Phi) is 8.48. The summed E-state index contributed by atoms with van der Waals surface area (Å²) in [4.78, 5) is 34.4. The first-order valence-corrected chi connectivity index (χ1v) is 9.78. The lowest BCUT2D eigenvalue weighted by molar-refractivity contribution is -0.384. The van der Waals surface area contributed by atoms with Crippen LogP contribution in [0.5, 0.6) is 0 Å². The zero-order valence-electron chi connectivity index (χ0n) is 15.6. The van der Waals surface area contributed by atoms with E-state index < -0.39 is 10.9 Å². The van der Waals surface area contributed by atoms with Crippen LogP contribution in [0.25, 0.3) is 0 Å². The number of aryl methyl sites for hydroxylation is 2. The Hall–Kier alpha value is -2.87. The number of non-ortho nitro benzene ring substituents is 1. The lowest BCUT2D eigenvalue weighted by Crippen LogP contribution is -2.28. The van der Waals surface area contributed by atoms with Gasteiger partial charge in [-0.05, 0) is 31.0 Å². The molecule has 1 N–H and O–H groups in total. The number of hydrogen-bond acceptors (Lipinski definition) is 6. The Labute approximate surface area is 167 Å². The van der Waals surface area contributed by atoms with Crippen LogP contribution >= 0.6 is 11.8 Å². The molecular weight excluding hydrogens is 380 g/mol. The van der Waals surface area contributed by atoms with Gasteiger partial charge in [-0.25, -0.2) is 0 Å². The summed E-state index contributed by atoms with van der Waals surface area (Å²) in [7, 11) is 0. The second kappa shape index (κ2) is 11.1. The van der Waals surface area contributed by atoms with Crippen molar-refractivity contribution in [1.29, 1.82) is 0 Å². The zero-order chi connectivity index (χ0) is 20.4. The molecule has 2 aromatic rings. The van der Waals surface area contributed by atoms with Gasteiger partial charge in [-0.2, -0.15) is 0 Å². The monoisotopic (exact) mass is 402 g/mol. The van der Waals surface area contributed by atoms with E-state index in [4.69, 9.17) is 4.74 Å². The molecule has 28 heavy (non-hydrogen) atoms. The van der Waals surface area contributed by atoms with Crippen LogP contribution < -0.4 is 5.32 Å². The highest BCUT2D eigenvalue weighted by molar-refractivity contribution is 8.00. The molecule has 0 fully saturated rings. The molecule has 0 unspecified atom stereocenters. The third kappa shape index (κ3) is 7.79. The first-order valence-electron chi connectivity index (χ1n) is 8.79. The van der Waals surface area contributed by atoms with Gasteiger partial charge in [-0.1, -0.05) is 29.8 Å². The van der Waals surface area contributed by atoms with Crippen molar-refractivity contribution in [1.82, 2.24) is 5.32 Å². The van der Waals surface area contributed by atoms with Crippen LogP contribution in [0.2, 0.25) is 0 Å². The highest BCUT2D eigenvalue weighted by Gasteiger charge is 2.08. The topological polar surface area (TPSA) is 98.5 Å². The summed E-state index contributed by atoms with van der Waals surface area (Å²) >= 11 is 1.24. The second-order valence-corrected chi connectivity index (χ2v) is 7.14. The first-order chi connectivity index (χ1) is 13.4. The molecule has 148 valence electrons. The maximum Gasteiger partial charge on any atom is 0.316 e. The molecule has 2 rings (SSSR count). The van der Waals surface area contributed by atoms with Crippen molar-refractivity contribution in [3.05, 3.63) is 69.8 Å². The van der Waals surface area contributed by atoms with Gasteiger partial charge in [0.05, 0.1) is 17.2 Å². The normalized spacial score (nSPS) is 10.3. The molecule has 1 amide bonds. The van der Waals surface area contributed by atoms with Crippen molar-refractivity contribution in [2.75, 3.05) is 18.9 Å². The molecule has 0 aromatic heterocycles. The number of rotatable bonds is 10. The molecule has 0 radical (unpaired) electrons. The summed E-state index contributed by atoms with van der Waals surface area (Å²) in [6.07, 6.45) is 1.05. The number of carbonyl (C=O) groups excluding carboxylic acids is 2. The summed E-state index contributed by atoms with van der Waals surface area (Å²) < 4.78 is 5.07. The van der Waals surface area contributed by atoms with Crippen LogP contribution in [0.1, 0.15) is 17.5 Å². The van der Waals surface area contributed by atoms with E-state index in [1.165, 1.54) is 29.5 Å². The van der Waals surface area contributed by atoms with Gasteiger partial charge in [0, 0.05) is 23.4 Å². The van der Waals surface area contributed by atoms with Gasteiger partial charge in [0.2, 0.25) is 5.91 Å². The van der Waals surface area contributed by atoms with Crippen molar-refractivity contribution in [3.63, 3.8) is 0 Å². The van der Waals surface area contributed by atoms with E-state index in [2.05, 4.69) is 5.32 Å². The second-order valence-electron chi connectivity index (χ2n) is 6.10. The Bertz CT molecular complexity index is 806. The highest BCUT2D eigenvalue weighted by atomic mass is 32.2. The predicted octanol–water partition coefficient (Wildman–Crippen LogP) is 3.29. The average molecular weight is 402 g/mol. The van der Waals surface area contributed by atoms with Crippen molar-refractivity contribution < 1.29 is 19.2 Å². The number of esters is 1. The minimum atomic E-state index is -0.474. The molecule has 0 saturated heterocycles. The van der Waals surface area contributed by atoms with Crippen molar-refractivity contribution in [2.45, 2.75) is 24.7 Å². The minimum absolute atomic E-state index is 0.00467. The number of nitrogens with one attached hydrogen (secondary N) is 1. The SMILES string of the molecule is Cc1ccc(CCC(=O)NCCOC(=O)CSc2ccc([N+](=O)[O-])cc2)cc1. The van der Waals surface area contributed by atoms with E-state index in [-0.39, 0.29) is 30.5 Å². The van der Waals surface area contributed by atoms with Gasteiger partial charge in [-0.3, -0.25) is 19.7 Å². The molecular formula is C20H22N2O5S. The molecule has 8 heteroatoms. The molecule has 0 heterocycles. The van der Waals surface area contributed by atoms with Gasteiger partial charge in [0.25, 0.3) is 5.69 Å². The molecule has 0 spiro atoms. The average Bonchev–Trinajstić information content (AvgIpc) is 2.69. The summed E-state index contributed by atoms with van der Waals surface area (Å²) in [5.41, 5.74) is 2.29. The van der Waals surface area contributed by atoms with Gasteiger partial charge in [-0.15, -0.1) is 11.8 Å². The number of hydrogen-bond donors (Lipinski definition) is 1. The first kappa shape index (κ1) is 21.4.